The standard InChI is InChI=1S/C25H38FN5O5S2/c1-18(14-27-37(32,33)25-9-7-22(8-10-25)29(4)5)15-28-38(34,35)31-19(2)16-30(17-20(31)3)23-11-21(26)12-24(13-23)36-6/h7-13,18-20,27-28H,14-17H2,1-6H3/t18-,19-,20-/m0/s1. The molecule has 1 fully saturated rings. The topological polar surface area (TPSA) is 111 Å². The van der Waals surface area contributed by atoms with Gasteiger partial charge in [0.2, 0.25) is 10.0 Å². The van der Waals surface area contributed by atoms with E-state index >= 15 is 0 Å². The predicted octanol–water partition coefficient (Wildman–Crippen LogP) is 2.25. The first-order valence-corrected chi connectivity index (χ1v) is 15.3. The number of nitrogens with one attached hydrogen (secondary N) is 2. The van der Waals surface area contributed by atoms with Crippen molar-refractivity contribution in [3.8, 4) is 5.75 Å². The van der Waals surface area contributed by atoms with E-state index in [9.17, 15) is 21.2 Å². The highest BCUT2D eigenvalue weighted by Gasteiger charge is 2.38. The lowest BCUT2D eigenvalue weighted by Gasteiger charge is -2.44. The molecule has 3 rings (SSSR count). The van der Waals surface area contributed by atoms with Gasteiger partial charge >= 0.3 is 0 Å². The van der Waals surface area contributed by atoms with E-state index in [-0.39, 0.29) is 36.0 Å². The van der Waals surface area contributed by atoms with Crippen LogP contribution in [0.15, 0.2) is 47.4 Å². The number of hydrogen-bond acceptors (Lipinski definition) is 7. The molecule has 2 aromatic rings. The first-order valence-electron chi connectivity index (χ1n) is 12.4. The Morgan fingerprint density at radius 3 is 2.13 bits per heavy atom. The number of rotatable bonds is 11. The fourth-order valence-corrected chi connectivity index (χ4v) is 7.38. The summed E-state index contributed by atoms with van der Waals surface area (Å²) < 4.78 is 77.5. The van der Waals surface area contributed by atoms with E-state index in [1.165, 1.54) is 35.7 Å². The van der Waals surface area contributed by atoms with Crippen LogP contribution in [0.1, 0.15) is 20.8 Å². The van der Waals surface area contributed by atoms with Crippen molar-refractivity contribution < 1.29 is 26.0 Å². The van der Waals surface area contributed by atoms with Gasteiger partial charge in [0.15, 0.2) is 0 Å². The summed E-state index contributed by atoms with van der Waals surface area (Å²) in [6.45, 7) is 6.25. The molecule has 0 radical (unpaired) electrons. The van der Waals surface area contributed by atoms with E-state index in [0.29, 0.717) is 24.5 Å². The molecule has 1 aliphatic heterocycles. The summed E-state index contributed by atoms with van der Waals surface area (Å²) in [6.07, 6.45) is 0. The lowest BCUT2D eigenvalue weighted by molar-refractivity contribution is 0.237. The van der Waals surface area contributed by atoms with Crippen molar-refractivity contribution in [1.82, 2.24) is 13.7 Å². The highest BCUT2D eigenvalue weighted by Crippen LogP contribution is 2.28. The Bertz CT molecular complexity index is 1290. The average molecular weight is 572 g/mol. The smallest absolute Gasteiger partial charge is 0.280 e. The van der Waals surface area contributed by atoms with Crippen LogP contribution in [0.3, 0.4) is 0 Å². The molecule has 0 amide bonds. The molecule has 0 unspecified atom stereocenters. The molecule has 38 heavy (non-hydrogen) atoms. The second kappa shape index (κ2) is 12.2. The van der Waals surface area contributed by atoms with Gasteiger partial charge in [0.25, 0.3) is 10.2 Å². The summed E-state index contributed by atoms with van der Waals surface area (Å²) in [7, 11) is -2.37. The fourth-order valence-electron chi connectivity index (χ4n) is 4.49. The number of nitrogens with zero attached hydrogens (tertiary/aromatic N) is 3. The molecule has 2 N–H and O–H groups in total. The van der Waals surface area contributed by atoms with E-state index in [1.54, 1.807) is 39.0 Å². The fraction of sp³-hybridized carbons (Fsp3) is 0.520. The van der Waals surface area contributed by atoms with Crippen LogP contribution in [-0.2, 0) is 20.2 Å². The summed E-state index contributed by atoms with van der Waals surface area (Å²) >= 11 is 0. The van der Waals surface area contributed by atoms with Gasteiger partial charge in [-0.2, -0.15) is 12.7 Å². The molecule has 1 heterocycles. The second-order valence-corrected chi connectivity index (χ2v) is 13.4. The monoisotopic (exact) mass is 571 g/mol. The summed E-state index contributed by atoms with van der Waals surface area (Å²) in [5.41, 5.74) is 1.51. The Morgan fingerprint density at radius 2 is 1.58 bits per heavy atom. The first-order chi connectivity index (χ1) is 17.7. The molecule has 212 valence electrons. The molecule has 0 aliphatic carbocycles. The van der Waals surface area contributed by atoms with Crippen LogP contribution in [-0.4, -0.2) is 80.6 Å². The van der Waals surface area contributed by atoms with Crippen molar-refractivity contribution in [2.75, 3.05) is 57.2 Å². The third-order valence-corrected chi connectivity index (χ3v) is 9.72. The zero-order valence-electron chi connectivity index (χ0n) is 22.7. The van der Waals surface area contributed by atoms with Crippen LogP contribution in [0.25, 0.3) is 0 Å². The molecule has 1 aliphatic rings. The Kier molecular flexibility index (Phi) is 9.63. The van der Waals surface area contributed by atoms with Crippen LogP contribution >= 0.6 is 0 Å². The largest absolute Gasteiger partial charge is 0.497 e. The maximum Gasteiger partial charge on any atom is 0.280 e. The van der Waals surface area contributed by atoms with Gasteiger partial charge in [-0.05, 0) is 50.1 Å². The molecular formula is C25H38FN5O5S2. The number of ether oxygens (including phenoxy) is 1. The van der Waals surface area contributed by atoms with E-state index in [0.717, 1.165) is 5.69 Å². The highest BCUT2D eigenvalue weighted by molar-refractivity contribution is 7.89. The molecule has 0 bridgehead atoms. The van der Waals surface area contributed by atoms with E-state index in [2.05, 4.69) is 9.44 Å². The maximum atomic E-state index is 14.0. The SMILES string of the molecule is COc1cc(F)cc(N2C[C@H](C)N(S(=O)(=O)NC[C@@H](C)CNS(=O)(=O)c3ccc(N(C)C)cc3)[C@@H](C)C2)c1. The van der Waals surface area contributed by atoms with Gasteiger partial charge in [0.1, 0.15) is 11.6 Å². The van der Waals surface area contributed by atoms with Gasteiger partial charge in [-0.15, -0.1) is 0 Å². The van der Waals surface area contributed by atoms with Crippen LogP contribution < -0.4 is 24.0 Å². The number of benzene rings is 2. The molecule has 0 saturated carbocycles. The zero-order chi connectivity index (χ0) is 28.3. The Hall–Kier alpha value is -2.45. The number of methoxy groups -OCH3 is 1. The van der Waals surface area contributed by atoms with Crippen molar-refractivity contribution in [1.29, 1.82) is 0 Å². The highest BCUT2D eigenvalue weighted by atomic mass is 32.2. The molecule has 10 nitrogen and oxygen atoms in total. The summed E-state index contributed by atoms with van der Waals surface area (Å²) in [5, 5.41) is 0. The van der Waals surface area contributed by atoms with Crippen molar-refractivity contribution in [3.63, 3.8) is 0 Å². The van der Waals surface area contributed by atoms with E-state index < -0.39 is 26.0 Å². The molecule has 3 atom stereocenters. The van der Waals surface area contributed by atoms with Gasteiger partial charge in [-0.1, -0.05) is 6.92 Å². The second-order valence-electron chi connectivity index (χ2n) is 9.98. The van der Waals surface area contributed by atoms with E-state index in [1.807, 2.05) is 23.9 Å². The van der Waals surface area contributed by atoms with Gasteiger partial charge in [-0.25, -0.2) is 22.3 Å². The normalized spacial score (nSPS) is 19.8. The lowest BCUT2D eigenvalue weighted by atomic mass is 10.1. The van der Waals surface area contributed by atoms with Crippen LogP contribution in [0.2, 0.25) is 0 Å². The zero-order valence-corrected chi connectivity index (χ0v) is 24.3. The summed E-state index contributed by atoms with van der Waals surface area (Å²) in [6, 6.07) is 10.2. The van der Waals surface area contributed by atoms with Crippen LogP contribution in [0.4, 0.5) is 15.8 Å². The first kappa shape index (κ1) is 30.1. The van der Waals surface area contributed by atoms with E-state index in [4.69, 9.17) is 4.74 Å². The quantitative estimate of drug-likeness (QED) is 0.426. The van der Waals surface area contributed by atoms with Crippen molar-refractivity contribution in [2.24, 2.45) is 5.92 Å². The maximum absolute atomic E-state index is 14.0. The number of sulfonamides is 1. The van der Waals surface area contributed by atoms with Gasteiger partial charge < -0.3 is 14.5 Å². The molecule has 0 spiro atoms. The average Bonchev–Trinajstić information content (AvgIpc) is 2.85. The minimum Gasteiger partial charge on any atom is -0.497 e. The molecule has 1 saturated heterocycles. The Morgan fingerprint density at radius 1 is 1.00 bits per heavy atom. The summed E-state index contributed by atoms with van der Waals surface area (Å²) in [5.74, 6) is -0.328. The molecule has 2 aromatic carbocycles. The van der Waals surface area contributed by atoms with Gasteiger partial charge in [0, 0.05) is 75.9 Å². The van der Waals surface area contributed by atoms with Crippen LogP contribution in [0, 0.1) is 11.7 Å². The van der Waals surface area contributed by atoms with Crippen molar-refractivity contribution in [2.45, 2.75) is 37.8 Å². The number of anilines is 2. The Balaban J connectivity index is 1.57. The molecule has 13 heteroatoms. The van der Waals surface area contributed by atoms with Gasteiger partial charge in [-0.3, -0.25) is 0 Å². The minimum atomic E-state index is -3.85. The number of hydrogen-bond donors (Lipinski definition) is 2. The van der Waals surface area contributed by atoms with Crippen molar-refractivity contribution >= 4 is 31.6 Å². The third kappa shape index (κ3) is 7.35. The number of piperazine rings is 1. The lowest BCUT2D eigenvalue weighted by Crippen LogP contribution is -2.61. The van der Waals surface area contributed by atoms with Gasteiger partial charge in [0.05, 0.1) is 12.0 Å². The minimum absolute atomic E-state index is 0.0607. The van der Waals surface area contributed by atoms with Crippen LogP contribution in [0.5, 0.6) is 5.75 Å². The molecule has 0 aromatic heterocycles. The summed E-state index contributed by atoms with van der Waals surface area (Å²) in [4.78, 5) is 3.96. The third-order valence-electron chi connectivity index (χ3n) is 6.47. The molecular weight excluding hydrogens is 533 g/mol. The number of halogens is 1. The van der Waals surface area contributed by atoms with Crippen molar-refractivity contribution in [3.05, 3.63) is 48.3 Å². The predicted molar refractivity (Wildman–Crippen MR) is 148 cm³/mol. The Labute approximate surface area is 226 Å².